The molecule has 2 aromatic carbocycles. The minimum absolute atomic E-state index is 0.0165. The van der Waals surface area contributed by atoms with Crippen molar-refractivity contribution in [3.8, 4) is 0 Å². The SMILES string of the molecule is CSc1cccc(C(=O)N(CC2CCCO2)c2nc3ccc(C)cc3s2)c1. The topological polar surface area (TPSA) is 42.4 Å². The summed E-state index contributed by atoms with van der Waals surface area (Å²) in [6, 6.07) is 14.0. The van der Waals surface area contributed by atoms with Gasteiger partial charge in [-0.15, -0.1) is 11.8 Å². The lowest BCUT2D eigenvalue weighted by atomic mass is 10.2. The number of thiazole rings is 1. The lowest BCUT2D eigenvalue weighted by Gasteiger charge is -2.23. The molecule has 0 bridgehead atoms. The first-order valence-corrected chi connectivity index (χ1v) is 11.1. The summed E-state index contributed by atoms with van der Waals surface area (Å²) in [4.78, 5) is 21.0. The standard InChI is InChI=1S/C21H22N2O2S2/c1-14-8-9-18-19(11-14)27-21(22-18)23(13-16-6-4-10-25-16)20(24)15-5-3-7-17(12-15)26-2/h3,5,7-9,11-12,16H,4,6,10,13H2,1-2H3. The van der Waals surface area contributed by atoms with Crippen LogP contribution in [0.4, 0.5) is 5.13 Å². The summed E-state index contributed by atoms with van der Waals surface area (Å²) in [5.74, 6) is -0.0165. The molecule has 0 spiro atoms. The van der Waals surface area contributed by atoms with E-state index in [1.54, 1.807) is 28.0 Å². The molecule has 1 unspecified atom stereocenters. The van der Waals surface area contributed by atoms with Gasteiger partial charge in [0.05, 0.1) is 22.9 Å². The molecule has 1 fully saturated rings. The van der Waals surface area contributed by atoms with Crippen molar-refractivity contribution in [2.75, 3.05) is 24.3 Å². The van der Waals surface area contributed by atoms with Crippen LogP contribution in [-0.4, -0.2) is 36.4 Å². The summed E-state index contributed by atoms with van der Waals surface area (Å²) in [6.45, 7) is 3.39. The quantitative estimate of drug-likeness (QED) is 0.557. The van der Waals surface area contributed by atoms with Crippen molar-refractivity contribution in [3.63, 3.8) is 0 Å². The summed E-state index contributed by atoms with van der Waals surface area (Å²) < 4.78 is 6.91. The highest BCUT2D eigenvalue weighted by Gasteiger charge is 2.27. The molecule has 1 aromatic heterocycles. The van der Waals surface area contributed by atoms with E-state index in [1.807, 2.05) is 36.6 Å². The average molecular weight is 399 g/mol. The Hall–Kier alpha value is -1.89. The predicted molar refractivity (Wildman–Crippen MR) is 113 cm³/mol. The summed E-state index contributed by atoms with van der Waals surface area (Å²) in [5.41, 5.74) is 2.82. The van der Waals surface area contributed by atoms with Gasteiger partial charge in [-0.2, -0.15) is 0 Å². The molecule has 140 valence electrons. The normalized spacial score (nSPS) is 16.7. The van der Waals surface area contributed by atoms with Crippen LogP contribution in [0.2, 0.25) is 0 Å². The molecule has 1 saturated heterocycles. The Morgan fingerprint density at radius 1 is 1.33 bits per heavy atom. The fourth-order valence-corrected chi connectivity index (χ4v) is 4.82. The average Bonchev–Trinajstić information content (AvgIpc) is 3.34. The number of amides is 1. The first kappa shape index (κ1) is 18.5. The second-order valence-corrected chi connectivity index (χ2v) is 8.64. The molecule has 1 aliphatic heterocycles. The summed E-state index contributed by atoms with van der Waals surface area (Å²) in [6.07, 6.45) is 4.13. The highest BCUT2D eigenvalue weighted by molar-refractivity contribution is 7.98. The number of rotatable bonds is 5. The number of hydrogen-bond donors (Lipinski definition) is 0. The van der Waals surface area contributed by atoms with Gasteiger partial charge in [-0.1, -0.05) is 23.5 Å². The minimum atomic E-state index is -0.0165. The summed E-state index contributed by atoms with van der Waals surface area (Å²) in [7, 11) is 0. The van der Waals surface area contributed by atoms with E-state index < -0.39 is 0 Å². The lowest BCUT2D eigenvalue weighted by molar-refractivity contribution is 0.0917. The van der Waals surface area contributed by atoms with E-state index in [2.05, 4.69) is 19.1 Å². The number of carbonyl (C=O) groups is 1. The van der Waals surface area contributed by atoms with Crippen LogP contribution in [0.15, 0.2) is 47.4 Å². The Bertz CT molecular complexity index is 964. The monoisotopic (exact) mass is 398 g/mol. The first-order chi connectivity index (χ1) is 13.1. The molecular formula is C21H22N2O2S2. The van der Waals surface area contributed by atoms with Gasteiger partial charge in [-0.3, -0.25) is 9.69 Å². The molecule has 0 N–H and O–H groups in total. The Morgan fingerprint density at radius 3 is 3.00 bits per heavy atom. The van der Waals surface area contributed by atoms with Crippen LogP contribution in [0.3, 0.4) is 0 Å². The zero-order valence-electron chi connectivity index (χ0n) is 15.5. The van der Waals surface area contributed by atoms with Crippen molar-refractivity contribution < 1.29 is 9.53 Å². The molecule has 6 heteroatoms. The van der Waals surface area contributed by atoms with Gasteiger partial charge >= 0.3 is 0 Å². The molecule has 0 radical (unpaired) electrons. The summed E-state index contributed by atoms with van der Waals surface area (Å²) >= 11 is 3.21. The van der Waals surface area contributed by atoms with E-state index in [-0.39, 0.29) is 12.0 Å². The van der Waals surface area contributed by atoms with Crippen LogP contribution < -0.4 is 4.90 Å². The second kappa shape index (κ2) is 8.00. The number of aryl methyl sites for hydroxylation is 1. The van der Waals surface area contributed by atoms with Gasteiger partial charge in [-0.05, 0) is 61.9 Å². The Labute approximate surface area is 167 Å². The summed E-state index contributed by atoms with van der Waals surface area (Å²) in [5, 5.41) is 0.741. The van der Waals surface area contributed by atoms with Crippen molar-refractivity contribution in [2.45, 2.75) is 30.8 Å². The maximum absolute atomic E-state index is 13.4. The van der Waals surface area contributed by atoms with E-state index in [0.29, 0.717) is 12.1 Å². The smallest absolute Gasteiger partial charge is 0.260 e. The van der Waals surface area contributed by atoms with E-state index in [4.69, 9.17) is 9.72 Å². The molecule has 0 saturated carbocycles. The van der Waals surface area contributed by atoms with Crippen LogP contribution in [0.5, 0.6) is 0 Å². The molecule has 27 heavy (non-hydrogen) atoms. The van der Waals surface area contributed by atoms with Gasteiger partial charge in [0.1, 0.15) is 0 Å². The van der Waals surface area contributed by atoms with Crippen LogP contribution in [0.25, 0.3) is 10.2 Å². The number of nitrogens with zero attached hydrogens (tertiary/aromatic N) is 2. The molecule has 3 aromatic rings. The van der Waals surface area contributed by atoms with Crippen LogP contribution in [0.1, 0.15) is 28.8 Å². The van der Waals surface area contributed by atoms with Crippen LogP contribution in [0, 0.1) is 6.92 Å². The number of carbonyl (C=O) groups excluding carboxylic acids is 1. The number of hydrogen-bond acceptors (Lipinski definition) is 5. The van der Waals surface area contributed by atoms with Crippen molar-refractivity contribution in [1.82, 2.24) is 4.98 Å². The van der Waals surface area contributed by atoms with E-state index in [1.165, 1.54) is 5.56 Å². The molecule has 1 atom stereocenters. The maximum Gasteiger partial charge on any atom is 0.260 e. The Morgan fingerprint density at radius 2 is 2.22 bits per heavy atom. The predicted octanol–water partition coefficient (Wildman–Crippen LogP) is 5.15. The van der Waals surface area contributed by atoms with Gasteiger partial charge in [0.15, 0.2) is 5.13 Å². The van der Waals surface area contributed by atoms with E-state index in [9.17, 15) is 4.79 Å². The minimum Gasteiger partial charge on any atom is -0.376 e. The number of aromatic nitrogens is 1. The van der Waals surface area contributed by atoms with Gasteiger partial charge in [0, 0.05) is 17.1 Å². The van der Waals surface area contributed by atoms with Gasteiger partial charge in [-0.25, -0.2) is 4.98 Å². The van der Waals surface area contributed by atoms with Gasteiger partial charge < -0.3 is 4.74 Å². The van der Waals surface area contributed by atoms with Crippen molar-refractivity contribution in [2.24, 2.45) is 0 Å². The van der Waals surface area contributed by atoms with E-state index in [0.717, 1.165) is 39.7 Å². The van der Waals surface area contributed by atoms with Crippen molar-refractivity contribution >= 4 is 44.4 Å². The molecule has 4 nitrogen and oxygen atoms in total. The number of benzene rings is 2. The third-order valence-electron chi connectivity index (χ3n) is 4.74. The maximum atomic E-state index is 13.4. The highest BCUT2D eigenvalue weighted by Crippen LogP contribution is 2.32. The highest BCUT2D eigenvalue weighted by atomic mass is 32.2. The van der Waals surface area contributed by atoms with Crippen molar-refractivity contribution in [3.05, 3.63) is 53.6 Å². The number of thioether (sulfide) groups is 1. The molecule has 2 heterocycles. The Kier molecular flexibility index (Phi) is 5.48. The van der Waals surface area contributed by atoms with Crippen LogP contribution >= 0.6 is 23.1 Å². The Balaban J connectivity index is 1.71. The zero-order chi connectivity index (χ0) is 18.8. The number of fused-ring (bicyclic) bond motifs is 1. The van der Waals surface area contributed by atoms with Crippen molar-refractivity contribution in [1.29, 1.82) is 0 Å². The molecule has 0 aliphatic carbocycles. The first-order valence-electron chi connectivity index (χ1n) is 9.09. The molecule has 4 rings (SSSR count). The number of ether oxygens (including phenoxy) is 1. The largest absolute Gasteiger partial charge is 0.376 e. The molecule has 1 amide bonds. The van der Waals surface area contributed by atoms with Gasteiger partial charge in [0.2, 0.25) is 0 Å². The van der Waals surface area contributed by atoms with Crippen LogP contribution in [-0.2, 0) is 4.74 Å². The fourth-order valence-electron chi connectivity index (χ4n) is 3.29. The van der Waals surface area contributed by atoms with Gasteiger partial charge in [0.25, 0.3) is 5.91 Å². The molecular weight excluding hydrogens is 376 g/mol. The zero-order valence-corrected chi connectivity index (χ0v) is 17.1. The third-order valence-corrected chi connectivity index (χ3v) is 6.50. The number of anilines is 1. The third kappa shape index (κ3) is 4.03. The second-order valence-electron chi connectivity index (χ2n) is 6.75. The fraction of sp³-hybridized carbons (Fsp3) is 0.333. The lowest BCUT2D eigenvalue weighted by Crippen LogP contribution is -2.37. The molecule has 1 aliphatic rings. The van der Waals surface area contributed by atoms with E-state index >= 15 is 0 Å².